The Labute approximate surface area is 184 Å². The molecule has 2 aromatic rings. The molecule has 1 aliphatic rings. The summed E-state index contributed by atoms with van der Waals surface area (Å²) in [7, 11) is 0. The fourth-order valence-corrected chi connectivity index (χ4v) is 5.38. The van der Waals surface area contributed by atoms with Crippen LogP contribution in [-0.4, -0.2) is 13.2 Å². The second-order valence-electron chi connectivity index (χ2n) is 6.80. The lowest BCUT2D eigenvalue weighted by molar-refractivity contribution is 0.330. The lowest BCUT2D eigenvalue weighted by atomic mass is 9.65. The van der Waals surface area contributed by atoms with Crippen LogP contribution in [0.2, 0.25) is 0 Å². The van der Waals surface area contributed by atoms with Crippen LogP contribution < -0.4 is 9.47 Å². The van der Waals surface area contributed by atoms with E-state index in [1.165, 1.54) is 50.4 Å². The molecular formula is C22H26I2O2. The zero-order valence-electron chi connectivity index (χ0n) is 15.5. The van der Waals surface area contributed by atoms with Crippen molar-refractivity contribution < 1.29 is 9.47 Å². The van der Waals surface area contributed by atoms with Gasteiger partial charge in [0, 0.05) is 5.41 Å². The second kappa shape index (κ2) is 9.13. The van der Waals surface area contributed by atoms with Crippen LogP contribution in [0.25, 0.3) is 0 Å². The van der Waals surface area contributed by atoms with Gasteiger partial charge in [-0.2, -0.15) is 0 Å². The molecule has 26 heavy (non-hydrogen) atoms. The van der Waals surface area contributed by atoms with Crippen molar-refractivity contribution in [2.45, 2.75) is 51.4 Å². The van der Waals surface area contributed by atoms with Crippen molar-refractivity contribution in [3.63, 3.8) is 0 Å². The van der Waals surface area contributed by atoms with E-state index >= 15 is 0 Å². The number of halogens is 2. The predicted molar refractivity (Wildman–Crippen MR) is 125 cm³/mol. The minimum absolute atomic E-state index is 0.105. The Hall–Kier alpha value is -0.500. The molecule has 0 N–H and O–H groups in total. The summed E-state index contributed by atoms with van der Waals surface area (Å²) < 4.78 is 13.9. The van der Waals surface area contributed by atoms with E-state index in [2.05, 4.69) is 81.6 Å². The zero-order chi connectivity index (χ0) is 18.6. The third-order valence-corrected chi connectivity index (χ3v) is 6.96. The largest absolute Gasteiger partial charge is 0.493 e. The Morgan fingerprint density at radius 3 is 1.62 bits per heavy atom. The molecule has 0 radical (unpaired) electrons. The van der Waals surface area contributed by atoms with Crippen LogP contribution in [0.3, 0.4) is 0 Å². The number of rotatable bonds is 6. The van der Waals surface area contributed by atoms with E-state index in [1.807, 2.05) is 13.8 Å². The summed E-state index contributed by atoms with van der Waals surface area (Å²) in [4.78, 5) is 0. The summed E-state index contributed by atoms with van der Waals surface area (Å²) in [5.74, 6) is 1.98. The van der Waals surface area contributed by atoms with Gasteiger partial charge in [-0.15, -0.1) is 0 Å². The summed E-state index contributed by atoms with van der Waals surface area (Å²) in [6.07, 6.45) is 6.33. The van der Waals surface area contributed by atoms with E-state index in [0.29, 0.717) is 13.2 Å². The third kappa shape index (κ3) is 4.16. The lowest BCUT2D eigenvalue weighted by Gasteiger charge is -2.39. The molecule has 2 nitrogen and oxygen atoms in total. The molecule has 140 valence electrons. The quantitative estimate of drug-likeness (QED) is 0.347. The molecule has 2 aromatic carbocycles. The van der Waals surface area contributed by atoms with Crippen LogP contribution in [0, 0.1) is 7.14 Å². The van der Waals surface area contributed by atoms with Crippen LogP contribution in [0.4, 0.5) is 0 Å². The molecule has 0 heterocycles. The molecular weight excluding hydrogens is 550 g/mol. The second-order valence-corrected chi connectivity index (χ2v) is 9.12. The van der Waals surface area contributed by atoms with Gasteiger partial charge in [-0.3, -0.25) is 0 Å². The van der Waals surface area contributed by atoms with Crippen molar-refractivity contribution in [1.82, 2.24) is 0 Å². The van der Waals surface area contributed by atoms with E-state index in [1.54, 1.807) is 0 Å². The highest BCUT2D eigenvalue weighted by molar-refractivity contribution is 14.1. The van der Waals surface area contributed by atoms with E-state index in [0.717, 1.165) is 11.5 Å². The summed E-state index contributed by atoms with van der Waals surface area (Å²) >= 11 is 4.82. The highest BCUT2D eigenvalue weighted by Crippen LogP contribution is 2.46. The van der Waals surface area contributed by atoms with Gasteiger partial charge < -0.3 is 9.47 Å². The van der Waals surface area contributed by atoms with Gasteiger partial charge in [0.15, 0.2) is 0 Å². The average Bonchev–Trinajstić information content (AvgIpc) is 2.66. The Morgan fingerprint density at radius 1 is 0.769 bits per heavy atom. The van der Waals surface area contributed by atoms with E-state index < -0.39 is 0 Å². The van der Waals surface area contributed by atoms with Crippen molar-refractivity contribution in [2.24, 2.45) is 0 Å². The van der Waals surface area contributed by atoms with Gasteiger partial charge in [0.25, 0.3) is 0 Å². The maximum Gasteiger partial charge on any atom is 0.132 e. The SMILES string of the molecule is CCOc1ccc(C2(c3ccc(OCC)c(I)c3)CCCCC2)cc1I. The average molecular weight is 576 g/mol. The van der Waals surface area contributed by atoms with Gasteiger partial charge >= 0.3 is 0 Å². The van der Waals surface area contributed by atoms with Gasteiger partial charge in [-0.25, -0.2) is 0 Å². The first-order valence-corrected chi connectivity index (χ1v) is 11.6. The van der Waals surface area contributed by atoms with Crippen LogP contribution in [0.1, 0.15) is 57.1 Å². The molecule has 0 amide bonds. The third-order valence-electron chi connectivity index (χ3n) is 5.28. The Morgan fingerprint density at radius 2 is 1.23 bits per heavy atom. The van der Waals surface area contributed by atoms with Gasteiger partial charge in [-0.1, -0.05) is 31.4 Å². The maximum absolute atomic E-state index is 5.75. The topological polar surface area (TPSA) is 18.5 Å². The molecule has 0 aliphatic heterocycles. The van der Waals surface area contributed by atoms with Crippen molar-refractivity contribution >= 4 is 45.2 Å². The molecule has 0 spiro atoms. The molecule has 0 saturated heterocycles. The monoisotopic (exact) mass is 576 g/mol. The lowest BCUT2D eigenvalue weighted by Crippen LogP contribution is -2.30. The zero-order valence-corrected chi connectivity index (χ0v) is 19.8. The Kier molecular flexibility index (Phi) is 7.11. The van der Waals surface area contributed by atoms with Crippen LogP contribution in [0.5, 0.6) is 11.5 Å². The standard InChI is InChI=1S/C22H26I2O2/c1-3-25-20-10-8-16(14-18(20)23)22(12-6-5-7-13-22)17-9-11-21(26-4-2)19(24)15-17/h8-11,14-15H,3-7,12-13H2,1-2H3. The Balaban J connectivity index is 2.05. The molecule has 1 saturated carbocycles. The van der Waals surface area contributed by atoms with Crippen LogP contribution in [0.15, 0.2) is 36.4 Å². The number of benzene rings is 2. The van der Waals surface area contributed by atoms with Gasteiger partial charge in [0.2, 0.25) is 0 Å². The van der Waals surface area contributed by atoms with Gasteiger partial charge in [0.05, 0.1) is 20.4 Å². The number of hydrogen-bond donors (Lipinski definition) is 0. The van der Waals surface area contributed by atoms with Crippen molar-refractivity contribution in [1.29, 1.82) is 0 Å². The fourth-order valence-electron chi connectivity index (χ4n) is 4.04. The van der Waals surface area contributed by atoms with Gasteiger partial charge in [-0.05, 0) is 107 Å². The molecule has 0 aromatic heterocycles. The highest BCUT2D eigenvalue weighted by Gasteiger charge is 2.36. The molecule has 0 unspecified atom stereocenters. The van der Waals surface area contributed by atoms with Gasteiger partial charge in [0.1, 0.15) is 11.5 Å². The fraction of sp³-hybridized carbons (Fsp3) is 0.455. The molecule has 4 heteroatoms. The molecule has 3 rings (SSSR count). The molecule has 1 aliphatic carbocycles. The summed E-state index contributed by atoms with van der Waals surface area (Å²) in [5.41, 5.74) is 2.95. The first kappa shape index (κ1) is 20.2. The summed E-state index contributed by atoms with van der Waals surface area (Å²) in [6.45, 7) is 5.48. The predicted octanol–water partition coefficient (Wildman–Crippen LogP) is 6.94. The van der Waals surface area contributed by atoms with E-state index in [-0.39, 0.29) is 5.41 Å². The normalized spacial score (nSPS) is 16.3. The summed E-state index contributed by atoms with van der Waals surface area (Å²) in [6, 6.07) is 13.5. The molecule has 0 atom stereocenters. The van der Waals surface area contributed by atoms with E-state index in [9.17, 15) is 0 Å². The summed E-state index contributed by atoms with van der Waals surface area (Å²) in [5, 5.41) is 0. The van der Waals surface area contributed by atoms with Crippen LogP contribution in [-0.2, 0) is 5.41 Å². The number of ether oxygens (including phenoxy) is 2. The highest BCUT2D eigenvalue weighted by atomic mass is 127. The minimum Gasteiger partial charge on any atom is -0.493 e. The maximum atomic E-state index is 5.75. The van der Waals surface area contributed by atoms with Crippen molar-refractivity contribution in [3.05, 3.63) is 54.7 Å². The molecule has 0 bridgehead atoms. The van der Waals surface area contributed by atoms with Crippen molar-refractivity contribution in [3.8, 4) is 11.5 Å². The van der Waals surface area contributed by atoms with Crippen LogP contribution >= 0.6 is 45.2 Å². The smallest absolute Gasteiger partial charge is 0.132 e. The number of hydrogen-bond acceptors (Lipinski definition) is 2. The van der Waals surface area contributed by atoms with E-state index in [4.69, 9.17) is 9.47 Å². The Bertz CT molecular complexity index is 694. The molecule has 1 fully saturated rings. The first-order valence-electron chi connectivity index (χ1n) is 9.46. The first-order chi connectivity index (χ1) is 12.6. The minimum atomic E-state index is 0.105. The van der Waals surface area contributed by atoms with Crippen molar-refractivity contribution in [2.75, 3.05) is 13.2 Å².